The van der Waals surface area contributed by atoms with Crippen LogP contribution < -0.4 is 5.32 Å². The average Bonchev–Trinajstić information content (AvgIpc) is 2.47. The van der Waals surface area contributed by atoms with Crippen LogP contribution in [0.5, 0.6) is 0 Å². The fourth-order valence-corrected chi connectivity index (χ4v) is 2.50. The molecule has 0 aliphatic heterocycles. The van der Waals surface area contributed by atoms with Crippen molar-refractivity contribution in [3.8, 4) is 6.07 Å². The van der Waals surface area contributed by atoms with Crippen molar-refractivity contribution in [3.05, 3.63) is 35.1 Å². The van der Waals surface area contributed by atoms with Crippen LogP contribution >= 0.6 is 0 Å². The van der Waals surface area contributed by atoms with Crippen LogP contribution in [0.25, 0.3) is 0 Å². The van der Waals surface area contributed by atoms with Gasteiger partial charge in [-0.25, -0.2) is 4.39 Å². The topological polar surface area (TPSA) is 45.0 Å². The van der Waals surface area contributed by atoms with Gasteiger partial charge in [0, 0.05) is 11.6 Å². The zero-order chi connectivity index (χ0) is 13.7. The Morgan fingerprint density at radius 3 is 2.74 bits per heavy atom. The largest absolute Gasteiger partial charge is 0.373 e. The Labute approximate surface area is 113 Å². The van der Waals surface area contributed by atoms with Crippen molar-refractivity contribution >= 4 is 0 Å². The second kappa shape index (κ2) is 6.65. The molecule has 1 N–H and O–H groups in total. The summed E-state index contributed by atoms with van der Waals surface area (Å²) in [4.78, 5) is 0. The Morgan fingerprint density at radius 2 is 2.11 bits per heavy atom. The van der Waals surface area contributed by atoms with Crippen molar-refractivity contribution in [1.82, 2.24) is 5.32 Å². The third-order valence-corrected chi connectivity index (χ3v) is 3.76. The van der Waals surface area contributed by atoms with Crippen molar-refractivity contribution in [2.75, 3.05) is 7.05 Å². The maximum atomic E-state index is 13.8. The molecule has 3 nitrogen and oxygen atoms in total. The van der Waals surface area contributed by atoms with Gasteiger partial charge in [-0.3, -0.25) is 0 Å². The van der Waals surface area contributed by atoms with E-state index in [0.29, 0.717) is 11.6 Å². The monoisotopic (exact) mass is 262 g/mol. The van der Waals surface area contributed by atoms with E-state index in [0.717, 1.165) is 25.7 Å². The van der Waals surface area contributed by atoms with Crippen molar-refractivity contribution in [2.24, 2.45) is 0 Å². The van der Waals surface area contributed by atoms with Gasteiger partial charge in [-0.05, 0) is 38.8 Å². The quantitative estimate of drug-likeness (QED) is 0.907. The molecule has 0 radical (unpaired) electrons. The van der Waals surface area contributed by atoms with Gasteiger partial charge in [-0.2, -0.15) is 5.26 Å². The number of halogens is 1. The third-order valence-electron chi connectivity index (χ3n) is 3.76. The molecule has 0 heterocycles. The van der Waals surface area contributed by atoms with Crippen LogP contribution in [0.2, 0.25) is 0 Å². The molecule has 0 unspecified atom stereocenters. The van der Waals surface area contributed by atoms with E-state index in [1.807, 2.05) is 13.1 Å². The number of benzene rings is 1. The summed E-state index contributed by atoms with van der Waals surface area (Å²) >= 11 is 0. The van der Waals surface area contributed by atoms with Crippen molar-refractivity contribution in [1.29, 1.82) is 5.26 Å². The molecule has 1 fully saturated rings. The van der Waals surface area contributed by atoms with E-state index in [2.05, 4.69) is 5.32 Å². The molecule has 1 aliphatic carbocycles. The Bertz CT molecular complexity index is 462. The molecule has 1 aromatic carbocycles. The first-order chi connectivity index (χ1) is 9.24. The number of nitrogens with one attached hydrogen (secondary N) is 1. The highest BCUT2D eigenvalue weighted by atomic mass is 19.1. The molecular formula is C15H19FN2O. The highest BCUT2D eigenvalue weighted by molar-refractivity contribution is 5.34. The zero-order valence-electron chi connectivity index (χ0n) is 11.2. The van der Waals surface area contributed by atoms with Crippen LogP contribution in [0.3, 0.4) is 0 Å². The van der Waals surface area contributed by atoms with Crippen LogP contribution in [0.1, 0.15) is 36.8 Å². The number of nitrogens with zero attached hydrogens (tertiary/aromatic N) is 1. The van der Waals surface area contributed by atoms with Gasteiger partial charge in [0.05, 0.1) is 18.3 Å². The van der Waals surface area contributed by atoms with Crippen molar-refractivity contribution < 1.29 is 9.13 Å². The number of hydrogen-bond donors (Lipinski definition) is 1. The minimum absolute atomic E-state index is 0.0833. The number of nitriles is 1. The van der Waals surface area contributed by atoms with E-state index in [1.54, 1.807) is 12.1 Å². The summed E-state index contributed by atoms with van der Waals surface area (Å²) in [6.07, 6.45) is 4.41. The minimum atomic E-state index is -0.450. The lowest BCUT2D eigenvalue weighted by Gasteiger charge is -2.28. The van der Waals surface area contributed by atoms with Gasteiger partial charge in [0.15, 0.2) is 0 Å². The standard InChI is InChI=1S/C15H19FN2O/c1-18-13-5-7-14(8-6-13)19-10-12-4-2-3-11(9-17)15(12)16/h2-4,13-14,18H,5-8,10H2,1H3. The fraction of sp³-hybridized carbons (Fsp3) is 0.533. The lowest BCUT2D eigenvalue weighted by molar-refractivity contribution is 0.0106. The molecule has 0 atom stereocenters. The molecule has 19 heavy (non-hydrogen) atoms. The summed E-state index contributed by atoms with van der Waals surface area (Å²) in [6, 6.07) is 7.28. The maximum Gasteiger partial charge on any atom is 0.146 e. The lowest BCUT2D eigenvalue weighted by Crippen LogP contribution is -2.32. The Balaban J connectivity index is 1.88. The average molecular weight is 262 g/mol. The van der Waals surface area contributed by atoms with E-state index >= 15 is 0 Å². The van der Waals surface area contributed by atoms with Crippen LogP contribution in [-0.4, -0.2) is 19.2 Å². The van der Waals surface area contributed by atoms with Gasteiger partial charge in [0.1, 0.15) is 11.9 Å². The molecule has 0 aromatic heterocycles. The first-order valence-electron chi connectivity index (χ1n) is 6.71. The highest BCUT2D eigenvalue weighted by Gasteiger charge is 2.20. The highest BCUT2D eigenvalue weighted by Crippen LogP contribution is 2.23. The van der Waals surface area contributed by atoms with E-state index in [4.69, 9.17) is 10.00 Å². The van der Waals surface area contributed by atoms with E-state index in [1.165, 1.54) is 6.07 Å². The lowest BCUT2D eigenvalue weighted by atomic mass is 9.93. The molecule has 4 heteroatoms. The van der Waals surface area contributed by atoms with Crippen LogP contribution in [0, 0.1) is 17.1 Å². The Morgan fingerprint density at radius 1 is 1.37 bits per heavy atom. The van der Waals surface area contributed by atoms with E-state index in [9.17, 15) is 4.39 Å². The number of rotatable bonds is 4. The number of ether oxygens (including phenoxy) is 1. The molecule has 1 aliphatic rings. The maximum absolute atomic E-state index is 13.8. The summed E-state index contributed by atoms with van der Waals surface area (Å²) < 4.78 is 19.6. The first kappa shape index (κ1) is 14.0. The normalized spacial score (nSPS) is 23.0. The van der Waals surface area contributed by atoms with E-state index < -0.39 is 5.82 Å². The fourth-order valence-electron chi connectivity index (χ4n) is 2.50. The molecule has 1 aromatic rings. The van der Waals surface area contributed by atoms with Gasteiger partial charge in [-0.1, -0.05) is 12.1 Å². The van der Waals surface area contributed by atoms with Gasteiger partial charge in [-0.15, -0.1) is 0 Å². The van der Waals surface area contributed by atoms with Gasteiger partial charge < -0.3 is 10.1 Å². The Hall–Kier alpha value is -1.44. The van der Waals surface area contributed by atoms with E-state index in [-0.39, 0.29) is 18.3 Å². The predicted molar refractivity (Wildman–Crippen MR) is 71.0 cm³/mol. The first-order valence-corrected chi connectivity index (χ1v) is 6.71. The second-order valence-electron chi connectivity index (χ2n) is 4.96. The second-order valence-corrected chi connectivity index (χ2v) is 4.96. The van der Waals surface area contributed by atoms with Gasteiger partial charge in [0.2, 0.25) is 0 Å². The molecule has 102 valence electrons. The molecule has 0 bridgehead atoms. The summed E-state index contributed by atoms with van der Waals surface area (Å²) in [5.74, 6) is -0.450. The molecule has 0 saturated heterocycles. The van der Waals surface area contributed by atoms with Crippen molar-refractivity contribution in [3.63, 3.8) is 0 Å². The summed E-state index contributed by atoms with van der Waals surface area (Å²) in [5.41, 5.74) is 0.551. The van der Waals surface area contributed by atoms with Gasteiger partial charge >= 0.3 is 0 Å². The Kier molecular flexibility index (Phi) is 4.89. The zero-order valence-corrected chi connectivity index (χ0v) is 11.2. The SMILES string of the molecule is CNC1CCC(OCc2cccc(C#N)c2F)CC1. The third kappa shape index (κ3) is 3.52. The smallest absolute Gasteiger partial charge is 0.146 e. The van der Waals surface area contributed by atoms with Crippen LogP contribution in [0.4, 0.5) is 4.39 Å². The number of hydrogen-bond acceptors (Lipinski definition) is 3. The van der Waals surface area contributed by atoms with Gasteiger partial charge in [0.25, 0.3) is 0 Å². The molecule has 0 amide bonds. The molecule has 0 spiro atoms. The molecular weight excluding hydrogens is 243 g/mol. The van der Waals surface area contributed by atoms with Crippen LogP contribution in [0.15, 0.2) is 18.2 Å². The predicted octanol–water partition coefficient (Wildman–Crippen LogP) is 2.74. The summed E-state index contributed by atoms with van der Waals surface area (Å²) in [7, 11) is 1.98. The summed E-state index contributed by atoms with van der Waals surface area (Å²) in [5, 5.41) is 12.0. The van der Waals surface area contributed by atoms with Crippen molar-refractivity contribution in [2.45, 2.75) is 44.4 Å². The summed E-state index contributed by atoms with van der Waals surface area (Å²) in [6.45, 7) is 0.246. The van der Waals surface area contributed by atoms with Crippen LogP contribution in [-0.2, 0) is 11.3 Å². The molecule has 2 rings (SSSR count). The minimum Gasteiger partial charge on any atom is -0.373 e. The molecule has 1 saturated carbocycles.